The minimum absolute atomic E-state index is 0.485. The third-order valence-electron chi connectivity index (χ3n) is 2.55. The summed E-state index contributed by atoms with van der Waals surface area (Å²) < 4.78 is 5.35. The fourth-order valence-corrected chi connectivity index (χ4v) is 1.68. The SMILES string of the molecule is CNCNCc1ccc(OC)c(C(C)C)c1. The lowest BCUT2D eigenvalue weighted by molar-refractivity contribution is 0.407. The smallest absolute Gasteiger partial charge is 0.122 e. The van der Waals surface area contributed by atoms with E-state index in [0.29, 0.717) is 5.92 Å². The molecule has 0 aliphatic rings. The summed E-state index contributed by atoms with van der Waals surface area (Å²) in [5, 5.41) is 6.37. The summed E-state index contributed by atoms with van der Waals surface area (Å²) in [6, 6.07) is 6.37. The van der Waals surface area contributed by atoms with Gasteiger partial charge >= 0.3 is 0 Å². The Morgan fingerprint density at radius 2 is 2.06 bits per heavy atom. The first-order chi connectivity index (χ1) is 7.69. The molecular formula is C13H22N2O. The van der Waals surface area contributed by atoms with E-state index in [9.17, 15) is 0 Å². The predicted octanol–water partition coefficient (Wildman–Crippen LogP) is 2.09. The first-order valence-electron chi connectivity index (χ1n) is 5.71. The highest BCUT2D eigenvalue weighted by atomic mass is 16.5. The fourth-order valence-electron chi connectivity index (χ4n) is 1.68. The first kappa shape index (κ1) is 13.0. The van der Waals surface area contributed by atoms with E-state index in [0.717, 1.165) is 19.0 Å². The molecule has 0 heterocycles. The summed E-state index contributed by atoms with van der Waals surface area (Å²) >= 11 is 0. The summed E-state index contributed by atoms with van der Waals surface area (Å²) in [5.74, 6) is 1.46. The van der Waals surface area contributed by atoms with Gasteiger partial charge in [-0.25, -0.2) is 0 Å². The van der Waals surface area contributed by atoms with Crippen molar-refractivity contribution in [2.24, 2.45) is 0 Å². The molecule has 0 saturated carbocycles. The molecule has 0 aliphatic carbocycles. The Bertz CT molecular complexity index is 324. The van der Waals surface area contributed by atoms with Gasteiger partial charge in [-0.2, -0.15) is 0 Å². The van der Waals surface area contributed by atoms with Crippen LogP contribution in [-0.4, -0.2) is 20.8 Å². The van der Waals surface area contributed by atoms with Gasteiger partial charge in [0.15, 0.2) is 0 Å². The van der Waals surface area contributed by atoms with Gasteiger partial charge in [-0.1, -0.05) is 26.0 Å². The highest BCUT2D eigenvalue weighted by Crippen LogP contribution is 2.27. The zero-order valence-corrected chi connectivity index (χ0v) is 10.6. The molecule has 0 amide bonds. The molecule has 90 valence electrons. The van der Waals surface area contributed by atoms with Gasteiger partial charge in [0.05, 0.1) is 7.11 Å². The maximum atomic E-state index is 5.35. The van der Waals surface area contributed by atoms with Gasteiger partial charge in [-0.05, 0) is 30.2 Å². The molecule has 3 nitrogen and oxygen atoms in total. The monoisotopic (exact) mass is 222 g/mol. The van der Waals surface area contributed by atoms with Crippen molar-refractivity contribution in [3.05, 3.63) is 29.3 Å². The minimum atomic E-state index is 0.485. The van der Waals surface area contributed by atoms with Crippen LogP contribution in [0.15, 0.2) is 18.2 Å². The minimum Gasteiger partial charge on any atom is -0.496 e. The number of nitrogens with one attached hydrogen (secondary N) is 2. The normalized spacial score (nSPS) is 10.8. The average Bonchev–Trinajstić information content (AvgIpc) is 2.29. The molecule has 0 unspecified atom stereocenters. The molecule has 0 atom stereocenters. The van der Waals surface area contributed by atoms with Crippen molar-refractivity contribution >= 4 is 0 Å². The molecule has 0 bridgehead atoms. The van der Waals surface area contributed by atoms with Crippen LogP contribution in [0.25, 0.3) is 0 Å². The van der Waals surface area contributed by atoms with Crippen molar-refractivity contribution in [2.75, 3.05) is 20.8 Å². The summed E-state index contributed by atoms with van der Waals surface area (Å²) in [7, 11) is 3.65. The second-order valence-corrected chi connectivity index (χ2v) is 4.19. The Balaban J connectivity index is 2.77. The van der Waals surface area contributed by atoms with E-state index < -0.39 is 0 Å². The Hall–Kier alpha value is -1.06. The lowest BCUT2D eigenvalue weighted by atomic mass is 9.99. The number of benzene rings is 1. The van der Waals surface area contributed by atoms with Crippen LogP contribution in [0.5, 0.6) is 5.75 Å². The number of rotatable bonds is 6. The zero-order chi connectivity index (χ0) is 12.0. The highest BCUT2D eigenvalue weighted by molar-refractivity contribution is 5.39. The maximum Gasteiger partial charge on any atom is 0.122 e. The van der Waals surface area contributed by atoms with Crippen molar-refractivity contribution in [3.63, 3.8) is 0 Å². The molecule has 3 heteroatoms. The first-order valence-corrected chi connectivity index (χ1v) is 5.71. The van der Waals surface area contributed by atoms with E-state index in [1.165, 1.54) is 11.1 Å². The Morgan fingerprint density at radius 3 is 2.62 bits per heavy atom. The van der Waals surface area contributed by atoms with E-state index in [-0.39, 0.29) is 0 Å². The predicted molar refractivity (Wildman–Crippen MR) is 67.8 cm³/mol. The molecule has 0 saturated heterocycles. The molecule has 0 aliphatic heterocycles. The summed E-state index contributed by atoms with van der Waals surface area (Å²) in [4.78, 5) is 0. The molecule has 1 aromatic rings. The zero-order valence-electron chi connectivity index (χ0n) is 10.6. The quantitative estimate of drug-likeness (QED) is 0.571. The topological polar surface area (TPSA) is 33.3 Å². The molecule has 16 heavy (non-hydrogen) atoms. The van der Waals surface area contributed by atoms with Crippen LogP contribution < -0.4 is 15.4 Å². The molecule has 1 aromatic carbocycles. The van der Waals surface area contributed by atoms with E-state index in [4.69, 9.17) is 4.74 Å². The molecule has 2 N–H and O–H groups in total. The third-order valence-corrected chi connectivity index (χ3v) is 2.55. The van der Waals surface area contributed by atoms with Crippen molar-refractivity contribution in [1.82, 2.24) is 10.6 Å². The molecule has 1 rings (SSSR count). The lowest BCUT2D eigenvalue weighted by Gasteiger charge is -2.13. The van der Waals surface area contributed by atoms with Gasteiger partial charge in [0.2, 0.25) is 0 Å². The standard InChI is InChI=1S/C13H22N2O/c1-10(2)12-7-11(8-15-9-14-3)5-6-13(12)16-4/h5-7,10,14-15H,8-9H2,1-4H3. The van der Waals surface area contributed by atoms with Crippen LogP contribution in [0.1, 0.15) is 30.9 Å². The van der Waals surface area contributed by atoms with Gasteiger partial charge in [-0.3, -0.25) is 0 Å². The summed E-state index contributed by atoms with van der Waals surface area (Å²) in [5.41, 5.74) is 2.56. The third kappa shape index (κ3) is 3.51. The Labute approximate surface area is 98.2 Å². The van der Waals surface area contributed by atoms with E-state index >= 15 is 0 Å². The van der Waals surface area contributed by atoms with Crippen molar-refractivity contribution in [2.45, 2.75) is 26.3 Å². The molecule has 0 spiro atoms. The van der Waals surface area contributed by atoms with Crippen molar-refractivity contribution in [1.29, 1.82) is 0 Å². The molecule has 0 fully saturated rings. The molecular weight excluding hydrogens is 200 g/mol. The second-order valence-electron chi connectivity index (χ2n) is 4.19. The van der Waals surface area contributed by atoms with Gasteiger partial charge < -0.3 is 15.4 Å². The van der Waals surface area contributed by atoms with Crippen LogP contribution in [0.2, 0.25) is 0 Å². The van der Waals surface area contributed by atoms with Crippen LogP contribution in [0.3, 0.4) is 0 Å². The summed E-state index contributed by atoms with van der Waals surface area (Å²) in [6.07, 6.45) is 0. The van der Waals surface area contributed by atoms with Gasteiger partial charge in [0.1, 0.15) is 5.75 Å². The van der Waals surface area contributed by atoms with Gasteiger partial charge in [-0.15, -0.1) is 0 Å². The number of hydrogen-bond acceptors (Lipinski definition) is 3. The average molecular weight is 222 g/mol. The largest absolute Gasteiger partial charge is 0.496 e. The Morgan fingerprint density at radius 1 is 1.31 bits per heavy atom. The van der Waals surface area contributed by atoms with E-state index in [1.807, 2.05) is 13.1 Å². The number of ether oxygens (including phenoxy) is 1. The van der Waals surface area contributed by atoms with E-state index in [2.05, 4.69) is 36.6 Å². The van der Waals surface area contributed by atoms with Crippen LogP contribution in [0, 0.1) is 0 Å². The van der Waals surface area contributed by atoms with Crippen molar-refractivity contribution < 1.29 is 4.74 Å². The van der Waals surface area contributed by atoms with E-state index in [1.54, 1.807) is 7.11 Å². The van der Waals surface area contributed by atoms with Crippen molar-refractivity contribution in [3.8, 4) is 5.75 Å². The molecule has 0 aromatic heterocycles. The van der Waals surface area contributed by atoms with Gasteiger partial charge in [0.25, 0.3) is 0 Å². The van der Waals surface area contributed by atoms with Gasteiger partial charge in [0, 0.05) is 13.2 Å². The maximum absolute atomic E-state index is 5.35. The number of hydrogen-bond donors (Lipinski definition) is 2. The fraction of sp³-hybridized carbons (Fsp3) is 0.538. The second kappa shape index (κ2) is 6.51. The van der Waals surface area contributed by atoms with Crippen LogP contribution in [-0.2, 0) is 6.54 Å². The number of methoxy groups -OCH3 is 1. The lowest BCUT2D eigenvalue weighted by Crippen LogP contribution is -2.25. The summed E-state index contributed by atoms with van der Waals surface area (Å²) in [6.45, 7) is 6.07. The Kier molecular flexibility index (Phi) is 5.29. The highest BCUT2D eigenvalue weighted by Gasteiger charge is 2.07. The molecule has 0 radical (unpaired) electrons. The van der Waals surface area contributed by atoms with Crippen LogP contribution >= 0.6 is 0 Å². The van der Waals surface area contributed by atoms with Crippen LogP contribution in [0.4, 0.5) is 0 Å².